The van der Waals surface area contributed by atoms with E-state index in [1.54, 1.807) is 0 Å². The van der Waals surface area contributed by atoms with Crippen LogP contribution >= 0.6 is 23.2 Å². The summed E-state index contributed by atoms with van der Waals surface area (Å²) in [6.07, 6.45) is 0. The van der Waals surface area contributed by atoms with E-state index < -0.39 is 0 Å². The molecular formula is C23H32Cl3NO2. The van der Waals surface area contributed by atoms with Gasteiger partial charge in [-0.1, -0.05) is 49.2 Å². The molecule has 0 radical (unpaired) electrons. The molecule has 0 aromatic heterocycles. The number of benzene rings is 2. The Hall–Kier alpha value is -0.970. The molecule has 0 unspecified atom stereocenters. The number of quaternary nitrogens is 1. The minimum absolute atomic E-state index is 0. The van der Waals surface area contributed by atoms with E-state index in [4.69, 9.17) is 32.7 Å². The van der Waals surface area contributed by atoms with Crippen LogP contribution in [0.1, 0.15) is 36.5 Å². The van der Waals surface area contributed by atoms with Gasteiger partial charge in [0, 0.05) is 15.6 Å². The van der Waals surface area contributed by atoms with Crippen molar-refractivity contribution in [3.05, 3.63) is 63.1 Å². The second kappa shape index (κ2) is 12.0. The molecule has 162 valence electrons. The zero-order valence-corrected chi connectivity index (χ0v) is 20.2. The first kappa shape index (κ1) is 26.1. The van der Waals surface area contributed by atoms with Crippen molar-refractivity contribution in [1.82, 2.24) is 0 Å². The summed E-state index contributed by atoms with van der Waals surface area (Å²) >= 11 is 12.2. The Bertz CT molecular complexity index is 761. The molecule has 0 heterocycles. The second-order valence-electron chi connectivity index (χ2n) is 8.20. The van der Waals surface area contributed by atoms with Crippen LogP contribution in [0.2, 0.25) is 10.0 Å². The smallest absolute Gasteiger partial charge is 0.123 e. The molecule has 29 heavy (non-hydrogen) atoms. The number of hydrogen-bond donors (Lipinski definition) is 0. The van der Waals surface area contributed by atoms with Gasteiger partial charge in [-0.2, -0.15) is 0 Å². The largest absolute Gasteiger partial charge is 1.00 e. The molecule has 0 spiro atoms. The van der Waals surface area contributed by atoms with Gasteiger partial charge in [-0.3, -0.25) is 0 Å². The third-order valence-corrected chi connectivity index (χ3v) is 5.42. The SMILES string of the molecule is Cc1cc(OCCOCC[N+](C)(C)Cc2ccc(Cl)cc2)c(C(C)C)cc1Cl.[Cl-]. The summed E-state index contributed by atoms with van der Waals surface area (Å²) in [6.45, 7) is 9.96. The van der Waals surface area contributed by atoms with Crippen LogP contribution < -0.4 is 17.1 Å². The Morgan fingerprint density at radius 2 is 1.62 bits per heavy atom. The second-order valence-corrected chi connectivity index (χ2v) is 9.04. The molecule has 3 nitrogen and oxygen atoms in total. The van der Waals surface area contributed by atoms with Gasteiger partial charge in [0.2, 0.25) is 0 Å². The molecular weight excluding hydrogens is 429 g/mol. The fraction of sp³-hybridized carbons (Fsp3) is 0.478. The van der Waals surface area contributed by atoms with Crippen LogP contribution in [0.3, 0.4) is 0 Å². The molecule has 0 N–H and O–H groups in total. The highest BCUT2D eigenvalue weighted by atomic mass is 35.5. The lowest BCUT2D eigenvalue weighted by atomic mass is 10.0. The van der Waals surface area contributed by atoms with Gasteiger partial charge >= 0.3 is 0 Å². The van der Waals surface area contributed by atoms with Gasteiger partial charge in [0.1, 0.15) is 25.4 Å². The summed E-state index contributed by atoms with van der Waals surface area (Å²) in [5.74, 6) is 1.26. The quantitative estimate of drug-likeness (QED) is 0.401. The van der Waals surface area contributed by atoms with Crippen molar-refractivity contribution < 1.29 is 26.4 Å². The highest BCUT2D eigenvalue weighted by Crippen LogP contribution is 2.31. The number of aryl methyl sites for hydroxylation is 1. The molecule has 0 atom stereocenters. The van der Waals surface area contributed by atoms with Crippen molar-refractivity contribution >= 4 is 23.2 Å². The fourth-order valence-electron chi connectivity index (χ4n) is 3.03. The van der Waals surface area contributed by atoms with Gasteiger partial charge in [0.05, 0.1) is 27.3 Å². The topological polar surface area (TPSA) is 18.5 Å². The van der Waals surface area contributed by atoms with Gasteiger partial charge in [-0.05, 0) is 48.2 Å². The summed E-state index contributed by atoms with van der Waals surface area (Å²) in [4.78, 5) is 0. The first-order chi connectivity index (χ1) is 13.2. The van der Waals surface area contributed by atoms with Crippen LogP contribution in [0.15, 0.2) is 36.4 Å². The Morgan fingerprint density at radius 1 is 0.966 bits per heavy atom. The molecule has 0 aliphatic heterocycles. The van der Waals surface area contributed by atoms with Gasteiger partial charge in [0.15, 0.2) is 0 Å². The molecule has 0 amide bonds. The number of hydrogen-bond acceptors (Lipinski definition) is 2. The molecule has 0 aliphatic carbocycles. The lowest BCUT2D eigenvalue weighted by Gasteiger charge is -2.29. The third kappa shape index (κ3) is 8.74. The van der Waals surface area contributed by atoms with E-state index in [0.717, 1.165) is 44.5 Å². The van der Waals surface area contributed by atoms with Crippen molar-refractivity contribution in [2.24, 2.45) is 0 Å². The molecule has 2 aromatic carbocycles. The molecule has 0 saturated heterocycles. The molecule has 0 fully saturated rings. The third-order valence-electron chi connectivity index (χ3n) is 4.76. The monoisotopic (exact) mass is 459 g/mol. The number of ether oxygens (including phenoxy) is 2. The van der Waals surface area contributed by atoms with Gasteiger partial charge in [-0.15, -0.1) is 0 Å². The van der Waals surface area contributed by atoms with E-state index in [2.05, 4.69) is 40.1 Å². The predicted molar refractivity (Wildman–Crippen MR) is 119 cm³/mol. The Balaban J connectivity index is 0.00000420. The van der Waals surface area contributed by atoms with Crippen molar-refractivity contribution in [2.75, 3.05) is 40.5 Å². The fourth-order valence-corrected chi connectivity index (χ4v) is 3.33. The van der Waals surface area contributed by atoms with Crippen molar-refractivity contribution in [1.29, 1.82) is 0 Å². The maximum atomic E-state index is 6.25. The summed E-state index contributed by atoms with van der Waals surface area (Å²) in [7, 11) is 4.42. The normalized spacial score (nSPS) is 11.4. The molecule has 0 aliphatic rings. The molecule has 2 rings (SSSR count). The summed E-state index contributed by atoms with van der Waals surface area (Å²) in [5, 5.41) is 1.56. The average molecular weight is 461 g/mol. The highest BCUT2D eigenvalue weighted by Gasteiger charge is 2.16. The molecule has 0 saturated carbocycles. The minimum Gasteiger partial charge on any atom is -1.00 e. The van der Waals surface area contributed by atoms with Gasteiger partial charge < -0.3 is 26.4 Å². The van der Waals surface area contributed by atoms with Crippen LogP contribution in [-0.4, -0.2) is 44.9 Å². The number of likely N-dealkylation sites (N-methyl/N-ethyl adjacent to an activating group) is 1. The summed E-state index contributed by atoms with van der Waals surface area (Å²) < 4.78 is 12.6. The standard InChI is InChI=1S/C23H32Cl2NO2.ClH/c1-17(2)21-15-22(25)18(3)14-23(21)28-13-12-27-11-10-26(4,5)16-19-6-8-20(24)9-7-19;/h6-9,14-15,17H,10-13,16H2,1-5H3;1H/q+1;/p-1. The van der Waals surface area contributed by atoms with Crippen LogP contribution in [-0.2, 0) is 11.3 Å². The number of nitrogens with zero attached hydrogens (tertiary/aromatic N) is 1. The Kier molecular flexibility index (Phi) is 10.8. The van der Waals surface area contributed by atoms with E-state index >= 15 is 0 Å². The highest BCUT2D eigenvalue weighted by molar-refractivity contribution is 6.31. The zero-order chi connectivity index (χ0) is 20.7. The van der Waals surface area contributed by atoms with E-state index in [1.807, 2.05) is 31.2 Å². The predicted octanol–water partition coefficient (Wildman–Crippen LogP) is 3.10. The van der Waals surface area contributed by atoms with E-state index in [1.165, 1.54) is 5.56 Å². The van der Waals surface area contributed by atoms with E-state index in [9.17, 15) is 0 Å². The lowest BCUT2D eigenvalue weighted by Crippen LogP contribution is -3.00. The van der Waals surface area contributed by atoms with E-state index in [-0.39, 0.29) is 12.4 Å². The number of rotatable bonds is 10. The summed E-state index contributed by atoms with van der Waals surface area (Å²) in [5.41, 5.74) is 3.44. The van der Waals surface area contributed by atoms with Crippen LogP contribution in [0.5, 0.6) is 5.75 Å². The summed E-state index contributed by atoms with van der Waals surface area (Å²) in [6, 6.07) is 12.1. The number of halogens is 3. The first-order valence-electron chi connectivity index (χ1n) is 9.75. The molecule has 2 aromatic rings. The maximum absolute atomic E-state index is 6.25. The maximum Gasteiger partial charge on any atom is 0.123 e. The van der Waals surface area contributed by atoms with E-state index in [0.29, 0.717) is 25.7 Å². The molecule has 6 heteroatoms. The van der Waals surface area contributed by atoms with Crippen LogP contribution in [0.25, 0.3) is 0 Å². The Labute approximate surface area is 191 Å². The zero-order valence-electron chi connectivity index (χ0n) is 18.0. The minimum atomic E-state index is 0. The lowest BCUT2D eigenvalue weighted by molar-refractivity contribution is -0.904. The average Bonchev–Trinajstić information content (AvgIpc) is 2.62. The Morgan fingerprint density at radius 3 is 2.24 bits per heavy atom. The van der Waals surface area contributed by atoms with Crippen molar-refractivity contribution in [3.63, 3.8) is 0 Å². The first-order valence-corrected chi connectivity index (χ1v) is 10.5. The van der Waals surface area contributed by atoms with Crippen LogP contribution in [0.4, 0.5) is 0 Å². The van der Waals surface area contributed by atoms with Gasteiger partial charge in [-0.25, -0.2) is 0 Å². The van der Waals surface area contributed by atoms with Crippen molar-refractivity contribution in [3.8, 4) is 5.75 Å². The van der Waals surface area contributed by atoms with Crippen molar-refractivity contribution in [2.45, 2.75) is 33.2 Å². The van der Waals surface area contributed by atoms with Crippen LogP contribution in [0, 0.1) is 6.92 Å². The van der Waals surface area contributed by atoms with Gasteiger partial charge in [0.25, 0.3) is 0 Å². The molecule has 0 bridgehead atoms.